The van der Waals surface area contributed by atoms with E-state index in [1.54, 1.807) is 0 Å². The first-order valence-electron chi connectivity index (χ1n) is 7.27. The molecular formula is C17H19BrN2O. The summed E-state index contributed by atoms with van der Waals surface area (Å²) in [7, 11) is 0. The van der Waals surface area contributed by atoms with Crippen LogP contribution in [-0.2, 0) is 13.2 Å². The van der Waals surface area contributed by atoms with Gasteiger partial charge in [0.2, 0.25) is 0 Å². The van der Waals surface area contributed by atoms with Crippen LogP contribution in [0.3, 0.4) is 0 Å². The van der Waals surface area contributed by atoms with Crippen LogP contribution < -0.4 is 10.1 Å². The molecule has 1 saturated carbocycles. The second kappa shape index (κ2) is 6.58. The third-order valence-corrected chi connectivity index (χ3v) is 4.14. The minimum absolute atomic E-state index is 0.484. The van der Waals surface area contributed by atoms with Gasteiger partial charge in [0.15, 0.2) is 0 Å². The third kappa shape index (κ3) is 4.29. The summed E-state index contributed by atoms with van der Waals surface area (Å²) in [4.78, 5) is 4.46. The van der Waals surface area contributed by atoms with Crippen molar-refractivity contribution in [1.82, 2.24) is 10.3 Å². The lowest BCUT2D eigenvalue weighted by Crippen LogP contribution is -2.15. The normalized spacial score (nSPS) is 14.2. The first kappa shape index (κ1) is 14.5. The van der Waals surface area contributed by atoms with Crippen LogP contribution in [0.4, 0.5) is 0 Å². The van der Waals surface area contributed by atoms with Gasteiger partial charge in [-0.1, -0.05) is 12.1 Å². The van der Waals surface area contributed by atoms with E-state index in [0.29, 0.717) is 6.61 Å². The zero-order valence-electron chi connectivity index (χ0n) is 12.1. The van der Waals surface area contributed by atoms with Crippen molar-refractivity contribution >= 4 is 15.9 Å². The van der Waals surface area contributed by atoms with E-state index in [0.717, 1.165) is 28.5 Å². The predicted octanol–water partition coefficient (Wildman–Crippen LogP) is 3.98. The second-order valence-electron chi connectivity index (χ2n) is 5.54. The molecule has 4 heteroatoms. The van der Waals surface area contributed by atoms with E-state index in [-0.39, 0.29) is 0 Å². The van der Waals surface area contributed by atoms with E-state index in [1.165, 1.54) is 24.0 Å². The van der Waals surface area contributed by atoms with Crippen molar-refractivity contribution in [3.63, 3.8) is 0 Å². The number of ether oxygens (including phenoxy) is 1. The average molecular weight is 347 g/mol. The molecule has 0 spiro atoms. The van der Waals surface area contributed by atoms with Gasteiger partial charge < -0.3 is 10.1 Å². The molecule has 1 aliphatic carbocycles. The van der Waals surface area contributed by atoms with Crippen LogP contribution in [0.15, 0.2) is 41.0 Å². The Bertz CT molecular complexity index is 609. The highest BCUT2D eigenvalue weighted by molar-refractivity contribution is 9.10. The molecule has 1 heterocycles. The Labute approximate surface area is 133 Å². The number of aromatic nitrogens is 1. The molecule has 0 bridgehead atoms. The molecule has 2 aromatic rings. The quantitative estimate of drug-likeness (QED) is 0.858. The van der Waals surface area contributed by atoms with Crippen molar-refractivity contribution in [2.45, 2.75) is 39.0 Å². The molecule has 21 heavy (non-hydrogen) atoms. The number of pyridine rings is 1. The molecule has 3 nitrogen and oxygen atoms in total. The molecule has 0 aliphatic heterocycles. The van der Waals surface area contributed by atoms with Gasteiger partial charge in [-0.05, 0) is 65.0 Å². The van der Waals surface area contributed by atoms with E-state index in [9.17, 15) is 0 Å². The summed E-state index contributed by atoms with van der Waals surface area (Å²) in [5.41, 5.74) is 3.37. The molecule has 3 rings (SSSR count). The molecule has 0 amide bonds. The van der Waals surface area contributed by atoms with Gasteiger partial charge in [0.05, 0.1) is 10.2 Å². The molecule has 0 atom stereocenters. The standard InChI is InChI=1S/C17H19BrN2O/c1-12-2-7-17(16(18)8-12)21-11-15-4-3-13(10-20-15)9-19-14-5-6-14/h2-4,7-8,10,14,19H,5-6,9,11H2,1H3. The van der Waals surface area contributed by atoms with E-state index in [4.69, 9.17) is 4.74 Å². The summed E-state index contributed by atoms with van der Waals surface area (Å²) in [5, 5.41) is 3.49. The van der Waals surface area contributed by atoms with E-state index in [1.807, 2.05) is 24.4 Å². The summed E-state index contributed by atoms with van der Waals surface area (Å²) in [6, 6.07) is 11.0. The lowest BCUT2D eigenvalue weighted by Gasteiger charge is -2.09. The molecule has 0 radical (unpaired) electrons. The van der Waals surface area contributed by atoms with Crippen LogP contribution in [-0.4, -0.2) is 11.0 Å². The fourth-order valence-electron chi connectivity index (χ4n) is 2.07. The fraction of sp³-hybridized carbons (Fsp3) is 0.353. The first-order valence-corrected chi connectivity index (χ1v) is 8.06. The van der Waals surface area contributed by atoms with Gasteiger partial charge in [-0.3, -0.25) is 4.98 Å². The Morgan fingerprint density at radius 1 is 1.29 bits per heavy atom. The minimum Gasteiger partial charge on any atom is -0.486 e. The van der Waals surface area contributed by atoms with Gasteiger partial charge in [0.25, 0.3) is 0 Å². The summed E-state index contributed by atoms with van der Waals surface area (Å²) < 4.78 is 6.78. The molecule has 1 aromatic carbocycles. The number of nitrogens with one attached hydrogen (secondary N) is 1. The van der Waals surface area contributed by atoms with Crippen LogP contribution in [0.2, 0.25) is 0 Å². The molecule has 1 fully saturated rings. The Hall–Kier alpha value is -1.39. The Morgan fingerprint density at radius 2 is 2.14 bits per heavy atom. The van der Waals surface area contributed by atoms with E-state index >= 15 is 0 Å². The van der Waals surface area contributed by atoms with Crippen molar-refractivity contribution in [3.8, 4) is 5.75 Å². The first-order chi connectivity index (χ1) is 10.2. The van der Waals surface area contributed by atoms with Gasteiger partial charge in [-0.25, -0.2) is 0 Å². The SMILES string of the molecule is Cc1ccc(OCc2ccc(CNC3CC3)cn2)c(Br)c1. The van der Waals surface area contributed by atoms with Crippen LogP contribution in [0.1, 0.15) is 29.7 Å². The lowest BCUT2D eigenvalue weighted by atomic mass is 10.2. The van der Waals surface area contributed by atoms with Crippen molar-refractivity contribution in [3.05, 3.63) is 57.8 Å². The zero-order valence-corrected chi connectivity index (χ0v) is 13.7. The van der Waals surface area contributed by atoms with Gasteiger partial charge in [0, 0.05) is 18.8 Å². The van der Waals surface area contributed by atoms with Crippen molar-refractivity contribution < 1.29 is 4.74 Å². The van der Waals surface area contributed by atoms with Gasteiger partial charge in [-0.15, -0.1) is 0 Å². The molecule has 1 aliphatic rings. The number of nitrogens with zero attached hydrogens (tertiary/aromatic N) is 1. The van der Waals surface area contributed by atoms with Crippen molar-refractivity contribution in [2.24, 2.45) is 0 Å². The maximum Gasteiger partial charge on any atom is 0.134 e. The molecule has 1 N–H and O–H groups in total. The molecule has 110 valence electrons. The lowest BCUT2D eigenvalue weighted by molar-refractivity contribution is 0.299. The summed E-state index contributed by atoms with van der Waals surface area (Å²) in [6.07, 6.45) is 4.55. The van der Waals surface area contributed by atoms with Crippen molar-refractivity contribution in [2.75, 3.05) is 0 Å². The maximum atomic E-state index is 5.80. The Kier molecular flexibility index (Phi) is 4.56. The van der Waals surface area contributed by atoms with Crippen LogP contribution in [0.5, 0.6) is 5.75 Å². The number of hydrogen-bond donors (Lipinski definition) is 1. The highest BCUT2D eigenvalue weighted by Crippen LogP contribution is 2.26. The van der Waals surface area contributed by atoms with E-state index < -0.39 is 0 Å². The molecule has 0 unspecified atom stereocenters. The van der Waals surface area contributed by atoms with Crippen molar-refractivity contribution in [1.29, 1.82) is 0 Å². The molecular weight excluding hydrogens is 328 g/mol. The third-order valence-electron chi connectivity index (χ3n) is 3.52. The number of halogens is 1. The highest BCUT2D eigenvalue weighted by atomic mass is 79.9. The van der Waals surface area contributed by atoms with Crippen LogP contribution >= 0.6 is 15.9 Å². The van der Waals surface area contributed by atoms with E-state index in [2.05, 4.69) is 45.3 Å². The fourth-order valence-corrected chi connectivity index (χ4v) is 2.68. The molecule has 0 saturated heterocycles. The Balaban J connectivity index is 1.54. The number of hydrogen-bond acceptors (Lipinski definition) is 3. The smallest absolute Gasteiger partial charge is 0.134 e. The number of benzene rings is 1. The average Bonchev–Trinajstić information content (AvgIpc) is 3.30. The van der Waals surface area contributed by atoms with Gasteiger partial charge in [-0.2, -0.15) is 0 Å². The second-order valence-corrected chi connectivity index (χ2v) is 6.39. The summed E-state index contributed by atoms with van der Waals surface area (Å²) in [5.74, 6) is 0.849. The van der Waals surface area contributed by atoms with Gasteiger partial charge >= 0.3 is 0 Å². The number of rotatable bonds is 6. The Morgan fingerprint density at radius 3 is 2.81 bits per heavy atom. The maximum absolute atomic E-state index is 5.80. The van der Waals surface area contributed by atoms with Crippen LogP contribution in [0, 0.1) is 6.92 Å². The summed E-state index contributed by atoms with van der Waals surface area (Å²) in [6.45, 7) is 3.45. The van der Waals surface area contributed by atoms with Gasteiger partial charge in [0.1, 0.15) is 12.4 Å². The minimum atomic E-state index is 0.484. The summed E-state index contributed by atoms with van der Waals surface area (Å²) >= 11 is 3.52. The highest BCUT2D eigenvalue weighted by Gasteiger charge is 2.19. The largest absolute Gasteiger partial charge is 0.486 e. The zero-order chi connectivity index (χ0) is 14.7. The monoisotopic (exact) mass is 346 g/mol. The molecule has 1 aromatic heterocycles. The number of aryl methyl sites for hydroxylation is 1. The predicted molar refractivity (Wildman–Crippen MR) is 87.3 cm³/mol. The van der Waals surface area contributed by atoms with Crippen LogP contribution in [0.25, 0.3) is 0 Å². The topological polar surface area (TPSA) is 34.1 Å².